The van der Waals surface area contributed by atoms with Crippen molar-refractivity contribution in [3.05, 3.63) is 66.2 Å². The molecule has 1 heteroatoms. The summed E-state index contributed by atoms with van der Waals surface area (Å²) in [5.41, 5.74) is 5.73. The Kier molecular flexibility index (Phi) is 2.52. The number of fused-ring (bicyclic) bond motifs is 1. The van der Waals surface area contributed by atoms with Crippen molar-refractivity contribution >= 4 is 0 Å². The lowest BCUT2D eigenvalue weighted by Crippen LogP contribution is -1.79. The van der Waals surface area contributed by atoms with Crippen molar-refractivity contribution in [1.82, 2.24) is 0 Å². The van der Waals surface area contributed by atoms with Gasteiger partial charge >= 0.3 is 0 Å². The van der Waals surface area contributed by atoms with E-state index < -0.39 is 0 Å². The molecule has 1 N–H and O–H groups in total. The highest BCUT2D eigenvalue weighted by Gasteiger charge is 2.10. The number of aryl methyl sites for hydroxylation is 1. The van der Waals surface area contributed by atoms with Crippen molar-refractivity contribution in [1.29, 1.82) is 0 Å². The van der Waals surface area contributed by atoms with E-state index in [-0.39, 0.29) is 0 Å². The Balaban J connectivity index is 2.22. The minimum Gasteiger partial charge on any atom is -0.508 e. The lowest BCUT2D eigenvalue weighted by molar-refractivity contribution is 0.475. The van der Waals surface area contributed by atoms with Crippen LogP contribution in [-0.2, 0) is 0 Å². The second kappa shape index (κ2) is 4.19. The summed E-state index contributed by atoms with van der Waals surface area (Å²) in [5, 5.41) is 9.71. The van der Waals surface area contributed by atoms with Gasteiger partial charge in [-0.15, -0.1) is 0 Å². The van der Waals surface area contributed by atoms with Crippen LogP contribution in [0.2, 0.25) is 0 Å². The zero-order valence-corrected chi connectivity index (χ0v) is 10.2. The summed E-state index contributed by atoms with van der Waals surface area (Å²) in [6.45, 7) is 1.99. The van der Waals surface area contributed by atoms with E-state index in [0.29, 0.717) is 5.75 Å². The molecule has 0 spiro atoms. The third-order valence-corrected chi connectivity index (χ3v) is 3.16. The maximum Gasteiger partial charge on any atom is 0.116 e. The lowest BCUT2D eigenvalue weighted by Gasteiger charge is -2.05. The molecule has 0 bridgehead atoms. The Hall–Kier alpha value is -2.28. The third kappa shape index (κ3) is 1.84. The van der Waals surface area contributed by atoms with E-state index in [4.69, 9.17) is 0 Å². The molecule has 0 saturated carbocycles. The van der Waals surface area contributed by atoms with Crippen molar-refractivity contribution in [3.8, 4) is 28.0 Å². The first-order chi connectivity index (χ1) is 8.74. The van der Waals surface area contributed by atoms with Gasteiger partial charge in [-0.25, -0.2) is 0 Å². The number of phenols is 1. The van der Waals surface area contributed by atoms with Gasteiger partial charge in [0.15, 0.2) is 0 Å². The SMILES string of the molecule is Cc1cc(O)cc(-c2ccc3cccccc2-3)c1. The predicted octanol–water partition coefficient (Wildman–Crippen LogP) is 4.47. The fraction of sp³-hybridized carbons (Fsp3) is 0.0588. The molecule has 0 radical (unpaired) electrons. The topological polar surface area (TPSA) is 20.2 Å². The lowest BCUT2D eigenvalue weighted by atomic mass is 10.0. The highest BCUT2D eigenvalue weighted by molar-refractivity contribution is 5.86. The number of benzene rings is 1. The Morgan fingerprint density at radius 2 is 1.50 bits per heavy atom. The van der Waals surface area contributed by atoms with Gasteiger partial charge in [-0.2, -0.15) is 0 Å². The fourth-order valence-corrected chi connectivity index (χ4v) is 2.38. The van der Waals surface area contributed by atoms with E-state index >= 15 is 0 Å². The average molecular weight is 234 g/mol. The molecule has 1 nitrogen and oxygen atoms in total. The van der Waals surface area contributed by atoms with E-state index in [0.717, 1.165) is 11.1 Å². The minimum atomic E-state index is 0.319. The Morgan fingerprint density at radius 3 is 2.33 bits per heavy atom. The molecule has 2 aliphatic carbocycles. The molecule has 0 atom stereocenters. The standard InChI is InChI=1S/C17H14O/c1-12-9-14(11-15(18)10-12)17-8-7-13-5-3-2-4-6-16(13)17/h2-11,18H,1H3. The molecule has 0 saturated heterocycles. The summed E-state index contributed by atoms with van der Waals surface area (Å²) in [5.74, 6) is 0.319. The summed E-state index contributed by atoms with van der Waals surface area (Å²) < 4.78 is 0. The zero-order chi connectivity index (χ0) is 12.5. The summed E-state index contributed by atoms with van der Waals surface area (Å²) in [6.07, 6.45) is 0. The van der Waals surface area contributed by atoms with Gasteiger partial charge in [-0.05, 0) is 46.9 Å². The van der Waals surface area contributed by atoms with Crippen molar-refractivity contribution in [3.63, 3.8) is 0 Å². The third-order valence-electron chi connectivity index (χ3n) is 3.16. The van der Waals surface area contributed by atoms with Crippen LogP contribution in [0, 0.1) is 6.92 Å². The molecule has 0 aliphatic heterocycles. The first kappa shape index (κ1) is 10.8. The van der Waals surface area contributed by atoms with Crippen molar-refractivity contribution in [2.75, 3.05) is 0 Å². The molecule has 0 aromatic heterocycles. The van der Waals surface area contributed by atoms with Gasteiger partial charge in [0.25, 0.3) is 0 Å². The van der Waals surface area contributed by atoms with E-state index in [1.807, 2.05) is 31.2 Å². The largest absolute Gasteiger partial charge is 0.508 e. The minimum absolute atomic E-state index is 0.319. The summed E-state index contributed by atoms with van der Waals surface area (Å²) in [4.78, 5) is 0. The second-order valence-corrected chi connectivity index (χ2v) is 4.58. The fourth-order valence-electron chi connectivity index (χ4n) is 2.38. The van der Waals surface area contributed by atoms with Gasteiger partial charge in [0, 0.05) is 0 Å². The van der Waals surface area contributed by atoms with Crippen LogP contribution >= 0.6 is 0 Å². The highest BCUT2D eigenvalue weighted by Crippen LogP contribution is 2.36. The zero-order valence-electron chi connectivity index (χ0n) is 10.2. The van der Waals surface area contributed by atoms with Gasteiger partial charge in [0.2, 0.25) is 0 Å². The first-order valence-electron chi connectivity index (χ1n) is 6.03. The molecular formula is C17H14O. The summed E-state index contributed by atoms with van der Waals surface area (Å²) >= 11 is 0. The molecular weight excluding hydrogens is 220 g/mol. The van der Waals surface area contributed by atoms with Crippen LogP contribution in [0.15, 0.2) is 60.7 Å². The molecule has 0 fully saturated rings. The van der Waals surface area contributed by atoms with Crippen LogP contribution < -0.4 is 0 Å². The maximum absolute atomic E-state index is 9.71. The van der Waals surface area contributed by atoms with Gasteiger partial charge in [-0.1, -0.05) is 48.5 Å². The summed E-state index contributed by atoms with van der Waals surface area (Å²) in [7, 11) is 0. The van der Waals surface area contributed by atoms with Crippen LogP contribution in [0.4, 0.5) is 0 Å². The maximum atomic E-state index is 9.71. The summed E-state index contributed by atoms with van der Waals surface area (Å²) in [6, 6.07) is 20.2. The molecule has 18 heavy (non-hydrogen) atoms. The van der Waals surface area contributed by atoms with Crippen LogP contribution in [0.3, 0.4) is 0 Å². The van der Waals surface area contributed by atoms with Crippen molar-refractivity contribution in [2.24, 2.45) is 0 Å². The van der Waals surface area contributed by atoms with Gasteiger partial charge in [0.1, 0.15) is 5.75 Å². The first-order valence-corrected chi connectivity index (χ1v) is 6.03. The molecule has 2 aliphatic rings. The van der Waals surface area contributed by atoms with E-state index in [2.05, 4.69) is 30.3 Å². The van der Waals surface area contributed by atoms with Gasteiger partial charge < -0.3 is 5.11 Å². The molecule has 1 aromatic carbocycles. The van der Waals surface area contributed by atoms with E-state index in [1.54, 1.807) is 6.07 Å². The Labute approximate surface area is 107 Å². The normalized spacial score (nSPS) is 10.7. The number of aromatic hydroxyl groups is 1. The molecule has 0 amide bonds. The van der Waals surface area contributed by atoms with E-state index in [9.17, 15) is 5.11 Å². The average Bonchev–Trinajstić information content (AvgIpc) is 2.57. The predicted molar refractivity (Wildman–Crippen MR) is 74.9 cm³/mol. The number of hydrogen-bond donors (Lipinski definition) is 1. The molecule has 0 heterocycles. The highest BCUT2D eigenvalue weighted by atomic mass is 16.3. The van der Waals surface area contributed by atoms with Gasteiger partial charge in [0.05, 0.1) is 0 Å². The molecule has 3 rings (SSSR count). The quantitative estimate of drug-likeness (QED) is 0.658. The Morgan fingerprint density at radius 1 is 0.722 bits per heavy atom. The van der Waals surface area contributed by atoms with Crippen LogP contribution in [0.25, 0.3) is 22.3 Å². The Bertz CT molecular complexity index is 650. The molecule has 0 unspecified atom stereocenters. The number of hydrogen-bond acceptors (Lipinski definition) is 1. The molecule has 1 aromatic rings. The van der Waals surface area contributed by atoms with Gasteiger partial charge in [-0.3, -0.25) is 0 Å². The van der Waals surface area contributed by atoms with E-state index in [1.165, 1.54) is 16.7 Å². The smallest absolute Gasteiger partial charge is 0.116 e. The van der Waals surface area contributed by atoms with Crippen LogP contribution in [0.1, 0.15) is 5.56 Å². The van der Waals surface area contributed by atoms with Crippen molar-refractivity contribution < 1.29 is 5.11 Å². The second-order valence-electron chi connectivity index (χ2n) is 4.58. The van der Waals surface area contributed by atoms with Crippen molar-refractivity contribution in [2.45, 2.75) is 6.92 Å². The monoisotopic (exact) mass is 234 g/mol. The van der Waals surface area contributed by atoms with Crippen LogP contribution in [-0.4, -0.2) is 5.11 Å². The number of phenolic OH excluding ortho intramolecular Hbond substituents is 1. The number of rotatable bonds is 1. The molecule has 88 valence electrons. The van der Waals surface area contributed by atoms with Crippen LogP contribution in [0.5, 0.6) is 5.75 Å².